The summed E-state index contributed by atoms with van der Waals surface area (Å²) in [6.45, 7) is 0.506. The fourth-order valence-corrected chi connectivity index (χ4v) is 2.65. The van der Waals surface area contributed by atoms with Gasteiger partial charge in [0.2, 0.25) is 0 Å². The van der Waals surface area contributed by atoms with Gasteiger partial charge in [-0.15, -0.1) is 0 Å². The second-order valence-corrected chi connectivity index (χ2v) is 6.62. The third kappa shape index (κ3) is 3.35. The van der Waals surface area contributed by atoms with Crippen molar-refractivity contribution >= 4 is 19.7 Å². The Hall–Kier alpha value is -1.36. The average Bonchev–Trinajstić information content (AvgIpc) is 2.39. The van der Waals surface area contributed by atoms with E-state index in [4.69, 9.17) is 15.4 Å². The summed E-state index contributed by atoms with van der Waals surface area (Å²) >= 11 is 0. The van der Waals surface area contributed by atoms with Gasteiger partial charge >= 0.3 is 0 Å². The van der Waals surface area contributed by atoms with Crippen LogP contribution in [0.1, 0.15) is 5.56 Å². The van der Waals surface area contributed by atoms with E-state index < -0.39 is 9.05 Å². The molecule has 0 saturated carbocycles. The average molecular weight is 297 g/mol. The van der Waals surface area contributed by atoms with Crippen LogP contribution in [0.5, 0.6) is 0 Å². The van der Waals surface area contributed by atoms with Gasteiger partial charge in [-0.2, -0.15) is 0 Å². The van der Waals surface area contributed by atoms with Gasteiger partial charge in [0, 0.05) is 17.8 Å². The summed E-state index contributed by atoms with van der Waals surface area (Å²) in [5, 5.41) is 0. The lowest BCUT2D eigenvalue weighted by Gasteiger charge is -2.09. The summed E-state index contributed by atoms with van der Waals surface area (Å²) in [7, 11) is 3.25. The summed E-state index contributed by atoms with van der Waals surface area (Å²) in [5.74, 6) is 0. The zero-order chi connectivity index (χ0) is 13.9. The summed E-state index contributed by atoms with van der Waals surface area (Å²) < 4.78 is 27.5. The van der Waals surface area contributed by atoms with Crippen molar-refractivity contribution in [1.82, 2.24) is 0 Å². The van der Waals surface area contributed by atoms with Crippen molar-refractivity contribution in [3.63, 3.8) is 0 Å². The van der Waals surface area contributed by atoms with Crippen LogP contribution in [-0.2, 0) is 20.4 Å². The van der Waals surface area contributed by atoms with E-state index in [0.717, 1.165) is 16.7 Å². The number of methoxy groups -OCH3 is 1. The molecule has 0 aliphatic rings. The first-order chi connectivity index (χ1) is 9.02. The lowest BCUT2D eigenvalue weighted by Crippen LogP contribution is -1.93. The maximum atomic E-state index is 11.2. The normalized spacial score (nSPS) is 11.5. The molecule has 0 atom stereocenters. The van der Waals surface area contributed by atoms with E-state index in [1.54, 1.807) is 19.2 Å². The molecule has 0 aromatic heterocycles. The Morgan fingerprint density at radius 1 is 1.05 bits per heavy atom. The zero-order valence-electron chi connectivity index (χ0n) is 10.3. The number of hydrogen-bond acceptors (Lipinski definition) is 3. The Bertz CT molecular complexity index is 663. The highest BCUT2D eigenvalue weighted by Crippen LogP contribution is 2.26. The third-order valence-electron chi connectivity index (χ3n) is 2.76. The predicted molar refractivity (Wildman–Crippen MR) is 75.6 cm³/mol. The van der Waals surface area contributed by atoms with Crippen LogP contribution in [0, 0.1) is 0 Å². The molecule has 0 bridgehead atoms. The molecule has 0 heterocycles. The molecule has 0 fully saturated rings. The minimum absolute atomic E-state index is 0.0992. The minimum Gasteiger partial charge on any atom is -0.380 e. The maximum Gasteiger partial charge on any atom is 0.261 e. The molecule has 0 N–H and O–H groups in total. The number of halogens is 1. The molecule has 19 heavy (non-hydrogen) atoms. The monoisotopic (exact) mass is 296 g/mol. The number of benzene rings is 2. The lowest BCUT2D eigenvalue weighted by atomic mass is 10.0. The van der Waals surface area contributed by atoms with E-state index in [1.807, 2.05) is 24.3 Å². The van der Waals surface area contributed by atoms with Crippen molar-refractivity contribution in [3.8, 4) is 11.1 Å². The van der Waals surface area contributed by atoms with E-state index in [9.17, 15) is 8.42 Å². The van der Waals surface area contributed by atoms with Crippen LogP contribution >= 0.6 is 10.7 Å². The van der Waals surface area contributed by atoms with Crippen LogP contribution in [0.4, 0.5) is 0 Å². The van der Waals surface area contributed by atoms with Gasteiger partial charge in [0.15, 0.2) is 0 Å². The molecule has 0 unspecified atom stereocenters. The Balaban J connectivity index is 2.43. The standard InChI is InChI=1S/C14H13ClO3S/c1-18-10-12-4-2-3-5-14(12)11-6-8-13(9-7-11)19(15,16)17/h2-9H,10H2,1H3. The van der Waals surface area contributed by atoms with Gasteiger partial charge in [-0.25, -0.2) is 8.42 Å². The first kappa shape index (κ1) is 14.1. The SMILES string of the molecule is COCc1ccccc1-c1ccc(S(=O)(=O)Cl)cc1. The minimum atomic E-state index is -3.67. The van der Waals surface area contributed by atoms with E-state index >= 15 is 0 Å². The van der Waals surface area contributed by atoms with E-state index in [2.05, 4.69) is 0 Å². The summed E-state index contributed by atoms with van der Waals surface area (Å²) in [4.78, 5) is 0.0992. The molecule has 100 valence electrons. The van der Waals surface area contributed by atoms with E-state index in [1.165, 1.54) is 12.1 Å². The zero-order valence-corrected chi connectivity index (χ0v) is 11.9. The molecule has 2 aromatic rings. The second-order valence-electron chi connectivity index (χ2n) is 4.05. The maximum absolute atomic E-state index is 11.2. The molecule has 0 radical (unpaired) electrons. The molecular weight excluding hydrogens is 284 g/mol. The molecule has 0 amide bonds. The molecule has 0 aliphatic heterocycles. The van der Waals surface area contributed by atoms with Crippen molar-refractivity contribution in [2.45, 2.75) is 11.5 Å². The molecular formula is C14H13ClO3S. The predicted octanol–water partition coefficient (Wildman–Crippen LogP) is 3.43. The van der Waals surface area contributed by atoms with Crippen LogP contribution in [0.3, 0.4) is 0 Å². The van der Waals surface area contributed by atoms with Crippen LogP contribution in [0.2, 0.25) is 0 Å². The number of rotatable bonds is 4. The molecule has 5 heteroatoms. The molecule has 2 rings (SSSR count). The first-order valence-electron chi connectivity index (χ1n) is 5.64. The van der Waals surface area contributed by atoms with Gasteiger partial charge < -0.3 is 4.74 Å². The van der Waals surface area contributed by atoms with Gasteiger partial charge in [-0.3, -0.25) is 0 Å². The topological polar surface area (TPSA) is 43.4 Å². The van der Waals surface area contributed by atoms with Gasteiger partial charge in [-0.05, 0) is 28.8 Å². The summed E-state index contributed by atoms with van der Waals surface area (Å²) in [5.41, 5.74) is 2.99. The molecule has 0 spiro atoms. The smallest absolute Gasteiger partial charge is 0.261 e. The highest BCUT2D eigenvalue weighted by molar-refractivity contribution is 8.13. The van der Waals surface area contributed by atoms with E-state index in [0.29, 0.717) is 6.61 Å². The Morgan fingerprint density at radius 3 is 2.26 bits per heavy atom. The number of hydrogen-bond donors (Lipinski definition) is 0. The summed E-state index contributed by atoms with van der Waals surface area (Å²) in [6.07, 6.45) is 0. The third-order valence-corrected chi connectivity index (χ3v) is 4.13. The van der Waals surface area contributed by atoms with E-state index in [-0.39, 0.29) is 4.90 Å². The largest absolute Gasteiger partial charge is 0.380 e. The van der Waals surface area contributed by atoms with Gasteiger partial charge in [0.05, 0.1) is 11.5 Å². The molecule has 3 nitrogen and oxygen atoms in total. The second kappa shape index (κ2) is 5.74. The number of ether oxygens (including phenoxy) is 1. The first-order valence-corrected chi connectivity index (χ1v) is 7.95. The van der Waals surface area contributed by atoms with Crippen molar-refractivity contribution < 1.29 is 13.2 Å². The van der Waals surface area contributed by atoms with Crippen molar-refractivity contribution in [2.24, 2.45) is 0 Å². The fourth-order valence-electron chi connectivity index (χ4n) is 1.88. The van der Waals surface area contributed by atoms with Crippen LogP contribution in [0.25, 0.3) is 11.1 Å². The van der Waals surface area contributed by atoms with Crippen LogP contribution < -0.4 is 0 Å². The lowest BCUT2D eigenvalue weighted by molar-refractivity contribution is 0.185. The van der Waals surface area contributed by atoms with Gasteiger partial charge in [0.1, 0.15) is 0 Å². The highest BCUT2D eigenvalue weighted by Gasteiger charge is 2.10. The van der Waals surface area contributed by atoms with Crippen molar-refractivity contribution in [2.75, 3.05) is 7.11 Å². The van der Waals surface area contributed by atoms with Gasteiger partial charge in [0.25, 0.3) is 9.05 Å². The van der Waals surface area contributed by atoms with Crippen molar-refractivity contribution in [3.05, 3.63) is 54.1 Å². The Morgan fingerprint density at radius 2 is 1.68 bits per heavy atom. The molecule has 0 aliphatic carbocycles. The van der Waals surface area contributed by atoms with Crippen molar-refractivity contribution in [1.29, 1.82) is 0 Å². The van der Waals surface area contributed by atoms with Gasteiger partial charge in [-0.1, -0.05) is 36.4 Å². The molecule has 2 aromatic carbocycles. The Kier molecular flexibility index (Phi) is 4.24. The fraction of sp³-hybridized carbons (Fsp3) is 0.143. The van der Waals surface area contributed by atoms with Crippen LogP contribution in [-0.4, -0.2) is 15.5 Å². The highest BCUT2D eigenvalue weighted by atomic mass is 35.7. The molecule has 0 saturated heterocycles. The summed E-state index contributed by atoms with van der Waals surface area (Å²) in [6, 6.07) is 14.3. The Labute approximate surface area is 117 Å². The van der Waals surface area contributed by atoms with Crippen LogP contribution in [0.15, 0.2) is 53.4 Å². The quantitative estimate of drug-likeness (QED) is 0.812.